The molecule has 0 spiro atoms. The molecule has 0 aliphatic carbocycles. The number of nitrogens with one attached hydrogen (secondary N) is 1. The third kappa shape index (κ3) is 4.51. The van der Waals surface area contributed by atoms with E-state index in [4.69, 9.17) is 9.47 Å². The van der Waals surface area contributed by atoms with E-state index in [1.807, 2.05) is 65.5 Å². The van der Waals surface area contributed by atoms with Crippen LogP contribution in [0.4, 0.5) is 0 Å². The summed E-state index contributed by atoms with van der Waals surface area (Å²) < 4.78 is 12.6. The van der Waals surface area contributed by atoms with Crippen molar-refractivity contribution in [3.05, 3.63) is 78.6 Å². The van der Waals surface area contributed by atoms with Crippen molar-refractivity contribution in [2.24, 2.45) is 5.10 Å². The highest BCUT2D eigenvalue weighted by Crippen LogP contribution is 2.25. The molecule has 0 atom stereocenters. The van der Waals surface area contributed by atoms with Gasteiger partial charge in [-0.25, -0.2) is 5.43 Å². The molecule has 3 aromatic rings. The molecule has 0 aliphatic heterocycles. The first-order valence-electron chi connectivity index (χ1n) is 8.07. The second-order valence-electron chi connectivity index (χ2n) is 5.42. The molecule has 1 amide bonds. The first-order chi connectivity index (χ1) is 12.8. The van der Waals surface area contributed by atoms with Gasteiger partial charge in [0.15, 0.2) is 18.1 Å². The lowest BCUT2D eigenvalue weighted by atomic mass is 10.3. The van der Waals surface area contributed by atoms with Crippen molar-refractivity contribution in [3.63, 3.8) is 0 Å². The predicted octanol–water partition coefficient (Wildman–Crippen LogP) is 3.02. The van der Waals surface area contributed by atoms with Crippen molar-refractivity contribution < 1.29 is 14.3 Å². The van der Waals surface area contributed by atoms with Crippen molar-refractivity contribution in [1.82, 2.24) is 9.99 Å². The van der Waals surface area contributed by atoms with Gasteiger partial charge in [0.25, 0.3) is 5.91 Å². The number of amides is 1. The lowest BCUT2D eigenvalue weighted by molar-refractivity contribution is -0.123. The number of para-hydroxylation sites is 3. The molecule has 0 saturated heterocycles. The Kier molecular flexibility index (Phi) is 5.67. The summed E-state index contributed by atoms with van der Waals surface area (Å²) in [6.07, 6.45) is 5.44. The molecule has 0 aliphatic rings. The maximum Gasteiger partial charge on any atom is 0.277 e. The van der Waals surface area contributed by atoms with E-state index in [-0.39, 0.29) is 12.5 Å². The van der Waals surface area contributed by atoms with Crippen molar-refractivity contribution >= 4 is 12.1 Å². The third-order valence-corrected chi connectivity index (χ3v) is 3.60. The second-order valence-corrected chi connectivity index (χ2v) is 5.42. The minimum Gasteiger partial charge on any atom is -0.493 e. The summed E-state index contributed by atoms with van der Waals surface area (Å²) in [4.78, 5) is 11.8. The first kappa shape index (κ1) is 17.3. The van der Waals surface area contributed by atoms with Gasteiger partial charge in [-0.3, -0.25) is 4.79 Å². The molecule has 6 heteroatoms. The molecule has 26 heavy (non-hydrogen) atoms. The van der Waals surface area contributed by atoms with Crippen LogP contribution in [-0.2, 0) is 4.79 Å². The third-order valence-electron chi connectivity index (χ3n) is 3.60. The molecular weight excluding hydrogens is 330 g/mol. The van der Waals surface area contributed by atoms with Gasteiger partial charge in [0.05, 0.1) is 13.3 Å². The predicted molar refractivity (Wildman–Crippen MR) is 100.0 cm³/mol. The number of carbonyl (C=O) groups excluding carboxylic acids is 1. The average Bonchev–Trinajstić information content (AvgIpc) is 3.16. The number of nitrogens with zero attached hydrogens (tertiary/aromatic N) is 2. The normalized spacial score (nSPS) is 10.7. The van der Waals surface area contributed by atoms with E-state index in [2.05, 4.69) is 10.5 Å². The SMILES string of the molecule is COc1ccccc1OCC(=O)N/N=C/c1ccn(-c2ccccc2)c1. The number of aromatic nitrogens is 1. The Labute approximate surface area is 151 Å². The second kappa shape index (κ2) is 8.53. The average molecular weight is 349 g/mol. The van der Waals surface area contributed by atoms with Crippen LogP contribution in [-0.4, -0.2) is 30.4 Å². The van der Waals surface area contributed by atoms with Crippen molar-refractivity contribution in [2.45, 2.75) is 0 Å². The number of benzene rings is 2. The molecule has 132 valence electrons. The maximum atomic E-state index is 11.8. The van der Waals surface area contributed by atoms with Gasteiger partial charge in [-0.2, -0.15) is 5.10 Å². The maximum absolute atomic E-state index is 11.8. The number of carbonyl (C=O) groups is 1. The zero-order chi connectivity index (χ0) is 18.2. The molecule has 0 unspecified atom stereocenters. The summed E-state index contributed by atoms with van der Waals surface area (Å²) in [6.45, 7) is -0.150. The molecule has 6 nitrogen and oxygen atoms in total. The minimum atomic E-state index is -0.352. The van der Waals surface area contributed by atoms with Crippen molar-refractivity contribution in [2.75, 3.05) is 13.7 Å². The topological polar surface area (TPSA) is 64.8 Å². The molecule has 1 aromatic heterocycles. The van der Waals surface area contributed by atoms with Crippen LogP contribution in [0.15, 0.2) is 78.2 Å². The largest absolute Gasteiger partial charge is 0.493 e. The lowest BCUT2D eigenvalue weighted by Gasteiger charge is -2.09. The van der Waals surface area contributed by atoms with Crippen LogP contribution in [0.2, 0.25) is 0 Å². The monoisotopic (exact) mass is 349 g/mol. The van der Waals surface area contributed by atoms with E-state index in [9.17, 15) is 4.79 Å². The van der Waals surface area contributed by atoms with Crippen molar-refractivity contribution in [1.29, 1.82) is 0 Å². The quantitative estimate of drug-likeness (QED) is 0.527. The van der Waals surface area contributed by atoms with Gasteiger partial charge in [-0.05, 0) is 30.3 Å². The van der Waals surface area contributed by atoms with E-state index < -0.39 is 0 Å². The van der Waals surface area contributed by atoms with Gasteiger partial charge in [0.1, 0.15) is 0 Å². The van der Waals surface area contributed by atoms with Gasteiger partial charge >= 0.3 is 0 Å². The molecule has 1 heterocycles. The Morgan fingerprint density at radius 2 is 1.81 bits per heavy atom. The fourth-order valence-corrected chi connectivity index (χ4v) is 2.34. The summed E-state index contributed by atoms with van der Waals surface area (Å²) in [5, 5.41) is 3.95. The van der Waals surface area contributed by atoms with Crippen LogP contribution in [0, 0.1) is 0 Å². The number of rotatable bonds is 7. The fourth-order valence-electron chi connectivity index (χ4n) is 2.34. The first-order valence-corrected chi connectivity index (χ1v) is 8.07. The van der Waals surface area contributed by atoms with E-state index in [0.717, 1.165) is 11.3 Å². The Bertz CT molecular complexity index is 888. The summed E-state index contributed by atoms with van der Waals surface area (Å²) in [6, 6.07) is 19.0. The molecule has 2 aromatic carbocycles. The number of hydrogen-bond acceptors (Lipinski definition) is 4. The molecule has 1 N–H and O–H groups in total. The zero-order valence-corrected chi connectivity index (χ0v) is 14.3. The highest BCUT2D eigenvalue weighted by atomic mass is 16.5. The number of methoxy groups -OCH3 is 1. The van der Waals surface area contributed by atoms with Crippen LogP contribution in [0.3, 0.4) is 0 Å². The van der Waals surface area contributed by atoms with E-state index >= 15 is 0 Å². The van der Waals surface area contributed by atoms with Gasteiger partial charge in [0.2, 0.25) is 0 Å². The Morgan fingerprint density at radius 1 is 1.08 bits per heavy atom. The molecule has 0 bridgehead atoms. The van der Waals surface area contributed by atoms with E-state index in [1.54, 1.807) is 25.5 Å². The van der Waals surface area contributed by atoms with E-state index in [0.29, 0.717) is 11.5 Å². The summed E-state index contributed by atoms with van der Waals surface area (Å²) in [5.74, 6) is 0.731. The smallest absolute Gasteiger partial charge is 0.277 e. The van der Waals surface area contributed by atoms with Crippen LogP contribution < -0.4 is 14.9 Å². The zero-order valence-electron chi connectivity index (χ0n) is 14.3. The summed E-state index contributed by atoms with van der Waals surface area (Å²) >= 11 is 0. The highest BCUT2D eigenvalue weighted by Gasteiger charge is 2.06. The van der Waals surface area contributed by atoms with Crippen LogP contribution in [0.5, 0.6) is 11.5 Å². The van der Waals surface area contributed by atoms with Crippen LogP contribution in [0.1, 0.15) is 5.56 Å². The molecule has 0 saturated carbocycles. The fraction of sp³-hybridized carbons (Fsp3) is 0.100. The van der Waals surface area contributed by atoms with Crippen LogP contribution in [0.25, 0.3) is 5.69 Å². The molecule has 3 rings (SSSR count). The Balaban J connectivity index is 1.51. The van der Waals surface area contributed by atoms with Gasteiger partial charge in [-0.15, -0.1) is 0 Å². The van der Waals surface area contributed by atoms with Gasteiger partial charge in [0, 0.05) is 23.6 Å². The van der Waals surface area contributed by atoms with E-state index in [1.165, 1.54) is 0 Å². The molecule has 0 radical (unpaired) electrons. The standard InChI is InChI=1S/C20H19N3O3/c1-25-18-9-5-6-10-19(18)26-15-20(24)22-21-13-16-11-12-23(14-16)17-7-3-2-4-8-17/h2-14H,15H2,1H3,(H,22,24)/b21-13+. The molecular formula is C20H19N3O3. The van der Waals surface area contributed by atoms with Crippen molar-refractivity contribution in [3.8, 4) is 17.2 Å². The number of ether oxygens (including phenoxy) is 2. The lowest BCUT2D eigenvalue weighted by Crippen LogP contribution is -2.24. The number of hydrazone groups is 1. The Hall–Kier alpha value is -3.54. The number of hydrogen-bond donors (Lipinski definition) is 1. The highest BCUT2D eigenvalue weighted by molar-refractivity contribution is 5.82. The van der Waals surface area contributed by atoms with Gasteiger partial charge in [-0.1, -0.05) is 30.3 Å². The minimum absolute atomic E-state index is 0.150. The van der Waals surface area contributed by atoms with Gasteiger partial charge < -0.3 is 14.0 Å². The summed E-state index contributed by atoms with van der Waals surface area (Å²) in [7, 11) is 1.55. The summed E-state index contributed by atoms with van der Waals surface area (Å²) in [5.41, 5.74) is 4.37. The van der Waals surface area contributed by atoms with Crippen LogP contribution >= 0.6 is 0 Å². The molecule has 0 fully saturated rings. The Morgan fingerprint density at radius 3 is 2.58 bits per heavy atom.